The van der Waals surface area contributed by atoms with Crippen LogP contribution in [-0.2, 0) is 17.9 Å². The molecular weight excluding hydrogens is 418 g/mol. The van der Waals surface area contributed by atoms with E-state index in [1.54, 1.807) is 29.9 Å². The molecule has 1 aromatic carbocycles. The number of aryl methyl sites for hydroxylation is 1. The van der Waals surface area contributed by atoms with Gasteiger partial charge in [-0.05, 0) is 36.8 Å². The first-order valence-electron chi connectivity index (χ1n) is 9.43. The van der Waals surface area contributed by atoms with Gasteiger partial charge in [0.15, 0.2) is 16.7 Å². The molecule has 3 aromatic rings. The van der Waals surface area contributed by atoms with Crippen molar-refractivity contribution in [1.82, 2.24) is 20.1 Å². The van der Waals surface area contributed by atoms with Gasteiger partial charge in [0.2, 0.25) is 5.91 Å². The molecule has 0 spiro atoms. The lowest BCUT2D eigenvalue weighted by Gasteiger charge is -2.11. The van der Waals surface area contributed by atoms with Gasteiger partial charge in [-0.15, -0.1) is 16.8 Å². The number of allylic oxidation sites excluding steroid dienone is 1. The minimum Gasteiger partial charge on any atom is -0.495 e. The highest BCUT2D eigenvalue weighted by Crippen LogP contribution is 2.26. The summed E-state index contributed by atoms with van der Waals surface area (Å²) in [5.41, 5.74) is 1.62. The standard InChI is InChI=1S/C21H23N5O4S/c1-4-9-26-18(12-22-20(28)17-6-5-10-30-17)24-25-21(26)31-13-19(27)23-15-11-14(2)7-8-16(15)29-3/h4-8,10-11H,1,9,12-13H2,2-3H3,(H,22,28)(H,23,27). The van der Waals surface area contributed by atoms with E-state index in [1.165, 1.54) is 18.0 Å². The number of benzene rings is 1. The van der Waals surface area contributed by atoms with Gasteiger partial charge in [0.1, 0.15) is 5.75 Å². The number of ether oxygens (including phenoxy) is 1. The van der Waals surface area contributed by atoms with Gasteiger partial charge in [-0.25, -0.2) is 0 Å². The highest BCUT2D eigenvalue weighted by Gasteiger charge is 2.16. The van der Waals surface area contributed by atoms with Gasteiger partial charge in [-0.1, -0.05) is 23.9 Å². The predicted octanol–water partition coefficient (Wildman–Crippen LogP) is 3.03. The average Bonchev–Trinajstić information content (AvgIpc) is 3.42. The number of nitrogens with zero attached hydrogens (tertiary/aromatic N) is 3. The Morgan fingerprint density at radius 1 is 1.32 bits per heavy atom. The summed E-state index contributed by atoms with van der Waals surface area (Å²) in [6, 6.07) is 8.78. The van der Waals surface area contributed by atoms with Gasteiger partial charge in [0.25, 0.3) is 5.91 Å². The van der Waals surface area contributed by atoms with Gasteiger partial charge in [0, 0.05) is 6.54 Å². The van der Waals surface area contributed by atoms with E-state index in [9.17, 15) is 9.59 Å². The molecule has 2 N–H and O–H groups in total. The zero-order chi connectivity index (χ0) is 22.2. The maximum atomic E-state index is 12.5. The summed E-state index contributed by atoms with van der Waals surface area (Å²) in [7, 11) is 1.55. The second kappa shape index (κ2) is 10.5. The van der Waals surface area contributed by atoms with Crippen molar-refractivity contribution in [2.45, 2.75) is 25.2 Å². The number of thioether (sulfide) groups is 1. The molecule has 0 atom stereocenters. The second-order valence-corrected chi connectivity index (χ2v) is 7.44. The van der Waals surface area contributed by atoms with Crippen LogP contribution in [0.4, 0.5) is 5.69 Å². The maximum absolute atomic E-state index is 12.5. The van der Waals surface area contributed by atoms with Crippen LogP contribution in [0, 0.1) is 6.92 Å². The Hall–Kier alpha value is -3.53. The lowest BCUT2D eigenvalue weighted by Crippen LogP contribution is -2.24. The topological polar surface area (TPSA) is 111 Å². The number of aromatic nitrogens is 3. The molecule has 2 aromatic heterocycles. The highest BCUT2D eigenvalue weighted by atomic mass is 32.2. The summed E-state index contributed by atoms with van der Waals surface area (Å²) >= 11 is 1.24. The molecule has 0 radical (unpaired) electrons. The largest absolute Gasteiger partial charge is 0.495 e. The Kier molecular flexibility index (Phi) is 7.50. The van der Waals surface area contributed by atoms with Crippen LogP contribution in [0.1, 0.15) is 21.9 Å². The van der Waals surface area contributed by atoms with E-state index in [2.05, 4.69) is 27.4 Å². The van der Waals surface area contributed by atoms with Crippen molar-refractivity contribution >= 4 is 29.3 Å². The molecule has 162 valence electrons. The molecule has 0 fully saturated rings. The number of carbonyl (C=O) groups excluding carboxylic acids is 2. The third-order valence-corrected chi connectivity index (χ3v) is 5.19. The minimum absolute atomic E-state index is 0.130. The molecule has 0 aliphatic heterocycles. The van der Waals surface area contributed by atoms with Crippen LogP contribution >= 0.6 is 11.8 Å². The highest BCUT2D eigenvalue weighted by molar-refractivity contribution is 7.99. The van der Waals surface area contributed by atoms with Crippen LogP contribution in [0.2, 0.25) is 0 Å². The first kappa shape index (κ1) is 22.2. The minimum atomic E-state index is -0.348. The molecule has 0 saturated carbocycles. The molecule has 0 saturated heterocycles. The zero-order valence-electron chi connectivity index (χ0n) is 17.3. The quantitative estimate of drug-likeness (QED) is 0.367. The SMILES string of the molecule is C=CCn1c(CNC(=O)c2ccco2)nnc1SCC(=O)Nc1cc(C)ccc1OC. The number of methoxy groups -OCH3 is 1. The molecule has 0 aliphatic rings. The number of amides is 2. The molecule has 0 unspecified atom stereocenters. The van der Waals surface area contributed by atoms with Crippen molar-refractivity contribution < 1.29 is 18.7 Å². The van der Waals surface area contributed by atoms with Crippen molar-refractivity contribution in [2.75, 3.05) is 18.2 Å². The lowest BCUT2D eigenvalue weighted by atomic mass is 10.2. The van der Waals surface area contributed by atoms with E-state index < -0.39 is 0 Å². The van der Waals surface area contributed by atoms with E-state index in [-0.39, 0.29) is 29.9 Å². The number of rotatable bonds is 10. The predicted molar refractivity (Wildman–Crippen MR) is 117 cm³/mol. The third-order valence-electron chi connectivity index (χ3n) is 4.22. The normalized spacial score (nSPS) is 10.5. The van der Waals surface area contributed by atoms with Gasteiger partial charge < -0.3 is 24.4 Å². The first-order valence-corrected chi connectivity index (χ1v) is 10.4. The third kappa shape index (κ3) is 5.76. The van der Waals surface area contributed by atoms with Crippen molar-refractivity contribution in [3.63, 3.8) is 0 Å². The van der Waals surface area contributed by atoms with Crippen LogP contribution in [-0.4, -0.2) is 39.4 Å². The van der Waals surface area contributed by atoms with Gasteiger partial charge in [0.05, 0.1) is 31.4 Å². The van der Waals surface area contributed by atoms with Gasteiger partial charge in [-0.3, -0.25) is 9.59 Å². The van der Waals surface area contributed by atoms with Crippen LogP contribution in [0.3, 0.4) is 0 Å². The van der Waals surface area contributed by atoms with Gasteiger partial charge in [-0.2, -0.15) is 0 Å². The Morgan fingerprint density at radius 3 is 2.87 bits per heavy atom. The molecule has 2 heterocycles. The smallest absolute Gasteiger partial charge is 0.287 e. The number of anilines is 1. The van der Waals surface area contributed by atoms with Crippen LogP contribution < -0.4 is 15.4 Å². The van der Waals surface area contributed by atoms with Crippen molar-refractivity contribution in [1.29, 1.82) is 0 Å². The molecule has 0 bridgehead atoms. The van der Waals surface area contributed by atoms with Crippen LogP contribution in [0.5, 0.6) is 5.75 Å². The Labute approximate surface area is 183 Å². The Balaban J connectivity index is 1.62. The molecule has 2 amide bonds. The molecule has 31 heavy (non-hydrogen) atoms. The van der Waals surface area contributed by atoms with E-state index in [0.717, 1.165) is 5.56 Å². The van der Waals surface area contributed by atoms with Gasteiger partial charge >= 0.3 is 0 Å². The summed E-state index contributed by atoms with van der Waals surface area (Å²) in [6.07, 6.45) is 3.13. The summed E-state index contributed by atoms with van der Waals surface area (Å²) in [5, 5.41) is 14.4. The fourth-order valence-corrected chi connectivity index (χ4v) is 3.53. The van der Waals surface area contributed by atoms with E-state index in [1.807, 2.05) is 25.1 Å². The van der Waals surface area contributed by atoms with Crippen LogP contribution in [0.25, 0.3) is 0 Å². The Morgan fingerprint density at radius 2 is 2.16 bits per heavy atom. The van der Waals surface area contributed by atoms with Crippen molar-refractivity contribution in [2.24, 2.45) is 0 Å². The number of hydrogen-bond acceptors (Lipinski definition) is 7. The molecule has 3 rings (SSSR count). The molecule has 10 heteroatoms. The number of hydrogen-bond donors (Lipinski definition) is 2. The summed E-state index contributed by atoms with van der Waals surface area (Å²) < 4.78 is 12.2. The van der Waals surface area contributed by atoms with Crippen molar-refractivity contribution in [3.8, 4) is 5.75 Å². The summed E-state index contributed by atoms with van der Waals surface area (Å²) in [6.45, 7) is 6.29. The molecule has 0 aliphatic carbocycles. The van der Waals surface area contributed by atoms with E-state index in [0.29, 0.717) is 29.0 Å². The fourth-order valence-electron chi connectivity index (χ4n) is 2.76. The molecule has 9 nitrogen and oxygen atoms in total. The number of carbonyl (C=O) groups is 2. The summed E-state index contributed by atoms with van der Waals surface area (Å²) in [5.74, 6) is 0.933. The number of furan rings is 1. The molecular formula is C21H23N5O4S. The fraction of sp³-hybridized carbons (Fsp3) is 0.238. The van der Waals surface area contributed by atoms with E-state index in [4.69, 9.17) is 9.15 Å². The maximum Gasteiger partial charge on any atom is 0.287 e. The van der Waals surface area contributed by atoms with E-state index >= 15 is 0 Å². The second-order valence-electron chi connectivity index (χ2n) is 6.50. The Bertz CT molecular complexity index is 1060. The lowest BCUT2D eigenvalue weighted by molar-refractivity contribution is -0.113. The first-order chi connectivity index (χ1) is 15.0. The van der Waals surface area contributed by atoms with Crippen LogP contribution in [0.15, 0.2) is 58.8 Å². The monoisotopic (exact) mass is 441 g/mol. The average molecular weight is 442 g/mol. The van der Waals surface area contributed by atoms with Crippen molar-refractivity contribution in [3.05, 3.63) is 66.4 Å². The summed E-state index contributed by atoms with van der Waals surface area (Å²) in [4.78, 5) is 24.5. The zero-order valence-corrected chi connectivity index (χ0v) is 18.1. The number of nitrogens with one attached hydrogen (secondary N) is 2.